The van der Waals surface area contributed by atoms with Gasteiger partial charge in [0, 0.05) is 0 Å². The molecule has 0 atom stereocenters. The summed E-state index contributed by atoms with van der Waals surface area (Å²) in [6.45, 7) is 0. The summed E-state index contributed by atoms with van der Waals surface area (Å²) in [6.07, 6.45) is 1.18. The Bertz CT molecular complexity index is 629. The van der Waals surface area contributed by atoms with Crippen molar-refractivity contribution < 1.29 is 14.3 Å². The van der Waals surface area contributed by atoms with Crippen molar-refractivity contribution in [2.45, 2.75) is 0 Å². The summed E-state index contributed by atoms with van der Waals surface area (Å²) in [4.78, 5) is 14.2. The molecule has 1 aromatic heterocycles. The van der Waals surface area contributed by atoms with Crippen molar-refractivity contribution in [1.82, 2.24) is 14.8 Å². The monoisotopic (exact) mass is 232 g/mol. The van der Waals surface area contributed by atoms with Gasteiger partial charge in [-0.2, -0.15) is 5.26 Å². The Morgan fingerprint density at radius 3 is 2.82 bits per heavy atom. The number of halogens is 1. The molecule has 0 aliphatic carbocycles. The number of hydrogen-bond acceptors (Lipinski definition) is 4. The number of carbonyl (C=O) groups is 1. The topological polar surface area (TPSA) is 91.8 Å². The standard InChI is InChI=1S/C10H5FN4O2/c11-7-3-6(10(16)17)1-2-8(7)15-5-13-9(4-12)14-15/h1-3,5H,(H,16,17). The number of carboxylic acids is 1. The van der Waals surface area contributed by atoms with E-state index >= 15 is 0 Å². The maximum Gasteiger partial charge on any atom is 0.335 e. The minimum atomic E-state index is -1.22. The Morgan fingerprint density at radius 2 is 2.29 bits per heavy atom. The Morgan fingerprint density at radius 1 is 1.53 bits per heavy atom. The highest BCUT2D eigenvalue weighted by Gasteiger charge is 2.11. The van der Waals surface area contributed by atoms with Crippen molar-refractivity contribution in [2.24, 2.45) is 0 Å². The normalized spacial score (nSPS) is 9.88. The maximum atomic E-state index is 13.6. The molecule has 0 saturated carbocycles. The summed E-state index contributed by atoms with van der Waals surface area (Å²) < 4.78 is 14.6. The molecule has 0 aliphatic rings. The van der Waals surface area contributed by atoms with Crippen LogP contribution in [0.15, 0.2) is 24.5 Å². The van der Waals surface area contributed by atoms with Crippen molar-refractivity contribution in [3.8, 4) is 11.8 Å². The number of carboxylic acid groups (broad SMARTS) is 1. The lowest BCUT2D eigenvalue weighted by molar-refractivity contribution is 0.0696. The first-order valence-electron chi connectivity index (χ1n) is 4.47. The lowest BCUT2D eigenvalue weighted by Crippen LogP contribution is -2.02. The van der Waals surface area contributed by atoms with Crippen molar-refractivity contribution in [3.05, 3.63) is 41.7 Å². The van der Waals surface area contributed by atoms with Crippen LogP contribution in [0.3, 0.4) is 0 Å². The van der Waals surface area contributed by atoms with E-state index in [9.17, 15) is 9.18 Å². The van der Waals surface area contributed by atoms with E-state index in [1.165, 1.54) is 18.5 Å². The van der Waals surface area contributed by atoms with Gasteiger partial charge in [-0.25, -0.2) is 18.9 Å². The maximum absolute atomic E-state index is 13.6. The van der Waals surface area contributed by atoms with E-state index in [4.69, 9.17) is 10.4 Å². The number of aromatic nitrogens is 3. The van der Waals surface area contributed by atoms with Crippen LogP contribution in [0.5, 0.6) is 0 Å². The van der Waals surface area contributed by atoms with Gasteiger partial charge >= 0.3 is 5.97 Å². The third-order valence-electron chi connectivity index (χ3n) is 2.03. The number of rotatable bonds is 2. The number of aromatic carboxylic acids is 1. The van der Waals surface area contributed by atoms with Gasteiger partial charge in [0.15, 0.2) is 0 Å². The van der Waals surface area contributed by atoms with Gasteiger partial charge in [-0.1, -0.05) is 0 Å². The summed E-state index contributed by atoms with van der Waals surface area (Å²) >= 11 is 0. The van der Waals surface area contributed by atoms with Crippen LogP contribution in [0.1, 0.15) is 16.2 Å². The van der Waals surface area contributed by atoms with E-state index in [2.05, 4.69) is 10.1 Å². The predicted octanol–water partition coefficient (Wildman–Crippen LogP) is 0.976. The lowest BCUT2D eigenvalue weighted by Gasteiger charge is -2.02. The number of nitriles is 1. The fourth-order valence-corrected chi connectivity index (χ4v) is 1.26. The molecule has 0 fully saturated rings. The van der Waals surface area contributed by atoms with Crippen LogP contribution in [-0.2, 0) is 0 Å². The van der Waals surface area contributed by atoms with Crippen molar-refractivity contribution >= 4 is 5.97 Å². The van der Waals surface area contributed by atoms with Crippen LogP contribution < -0.4 is 0 Å². The quantitative estimate of drug-likeness (QED) is 0.833. The molecule has 2 aromatic rings. The van der Waals surface area contributed by atoms with Gasteiger partial charge in [0.05, 0.1) is 5.56 Å². The summed E-state index contributed by atoms with van der Waals surface area (Å²) in [6, 6.07) is 5.09. The second kappa shape index (κ2) is 4.02. The Labute approximate surface area is 94.6 Å². The summed E-state index contributed by atoms with van der Waals surface area (Å²) in [7, 11) is 0. The Balaban J connectivity index is 2.47. The molecule has 0 bridgehead atoms. The van der Waals surface area contributed by atoms with E-state index in [0.717, 1.165) is 10.7 Å². The molecule has 0 unspecified atom stereocenters. The average molecular weight is 232 g/mol. The first-order chi connectivity index (χ1) is 8.11. The second-order valence-corrected chi connectivity index (χ2v) is 3.10. The number of benzene rings is 1. The molecule has 17 heavy (non-hydrogen) atoms. The van der Waals surface area contributed by atoms with Crippen molar-refractivity contribution in [3.63, 3.8) is 0 Å². The van der Waals surface area contributed by atoms with Crippen LogP contribution in [-0.4, -0.2) is 25.8 Å². The number of hydrogen-bond donors (Lipinski definition) is 1. The largest absolute Gasteiger partial charge is 0.478 e. The zero-order valence-electron chi connectivity index (χ0n) is 8.33. The molecule has 0 amide bonds. The molecule has 6 nitrogen and oxygen atoms in total. The van der Waals surface area contributed by atoms with Crippen LogP contribution in [0.2, 0.25) is 0 Å². The molecule has 1 aromatic carbocycles. The summed E-state index contributed by atoms with van der Waals surface area (Å²) in [5, 5.41) is 20.9. The molecule has 0 aliphatic heterocycles. The predicted molar refractivity (Wildman–Crippen MR) is 53.0 cm³/mol. The molecule has 7 heteroatoms. The first-order valence-corrected chi connectivity index (χ1v) is 4.47. The molecular formula is C10H5FN4O2. The molecule has 0 saturated heterocycles. The Hall–Kier alpha value is -2.75. The fraction of sp³-hybridized carbons (Fsp3) is 0. The van der Waals surface area contributed by atoms with E-state index < -0.39 is 11.8 Å². The van der Waals surface area contributed by atoms with E-state index in [1.54, 1.807) is 6.07 Å². The van der Waals surface area contributed by atoms with Gasteiger partial charge in [0.25, 0.3) is 5.82 Å². The van der Waals surface area contributed by atoms with Gasteiger partial charge < -0.3 is 5.11 Å². The highest BCUT2D eigenvalue weighted by Crippen LogP contribution is 2.14. The minimum Gasteiger partial charge on any atom is -0.478 e. The minimum absolute atomic E-state index is 0.0315. The molecule has 84 valence electrons. The van der Waals surface area contributed by atoms with E-state index in [0.29, 0.717) is 0 Å². The van der Waals surface area contributed by atoms with Gasteiger partial charge in [-0.15, -0.1) is 5.10 Å². The van der Waals surface area contributed by atoms with Gasteiger partial charge in [-0.05, 0) is 18.2 Å². The van der Waals surface area contributed by atoms with Crippen molar-refractivity contribution in [2.75, 3.05) is 0 Å². The lowest BCUT2D eigenvalue weighted by atomic mass is 10.2. The fourth-order valence-electron chi connectivity index (χ4n) is 1.26. The third kappa shape index (κ3) is 1.96. The van der Waals surface area contributed by atoms with E-state index in [1.807, 2.05) is 0 Å². The van der Waals surface area contributed by atoms with Crippen LogP contribution in [0, 0.1) is 17.1 Å². The Kier molecular flexibility index (Phi) is 2.54. The summed E-state index contributed by atoms with van der Waals surface area (Å²) in [5.74, 6) is -2.06. The van der Waals surface area contributed by atoms with Gasteiger partial charge in [-0.3, -0.25) is 0 Å². The molecule has 0 radical (unpaired) electrons. The number of nitrogens with zero attached hydrogens (tertiary/aromatic N) is 4. The van der Waals surface area contributed by atoms with Crippen LogP contribution >= 0.6 is 0 Å². The zero-order valence-corrected chi connectivity index (χ0v) is 8.33. The van der Waals surface area contributed by atoms with Crippen molar-refractivity contribution in [1.29, 1.82) is 5.26 Å². The molecule has 0 spiro atoms. The van der Waals surface area contributed by atoms with E-state index in [-0.39, 0.29) is 17.1 Å². The average Bonchev–Trinajstić information content (AvgIpc) is 2.77. The summed E-state index contributed by atoms with van der Waals surface area (Å²) in [5.41, 5.74) is -0.129. The van der Waals surface area contributed by atoms with Gasteiger partial charge in [0.2, 0.25) is 0 Å². The molecule has 1 N–H and O–H groups in total. The second-order valence-electron chi connectivity index (χ2n) is 3.10. The first kappa shape index (κ1) is 10.8. The molecule has 1 heterocycles. The van der Waals surface area contributed by atoms with Crippen LogP contribution in [0.25, 0.3) is 5.69 Å². The highest BCUT2D eigenvalue weighted by molar-refractivity contribution is 5.87. The molecule has 2 rings (SSSR count). The van der Waals surface area contributed by atoms with Gasteiger partial charge in [0.1, 0.15) is 23.9 Å². The highest BCUT2D eigenvalue weighted by atomic mass is 19.1. The molecular weight excluding hydrogens is 227 g/mol. The SMILES string of the molecule is N#Cc1ncn(-c2ccc(C(=O)O)cc2F)n1. The third-order valence-corrected chi connectivity index (χ3v) is 2.03. The smallest absolute Gasteiger partial charge is 0.335 e. The van der Waals surface area contributed by atoms with Crippen LogP contribution in [0.4, 0.5) is 4.39 Å². The zero-order chi connectivity index (χ0) is 12.4.